The van der Waals surface area contributed by atoms with Crippen molar-refractivity contribution in [2.45, 2.75) is 12.8 Å². The van der Waals surface area contributed by atoms with E-state index in [0.29, 0.717) is 12.8 Å². The van der Waals surface area contributed by atoms with Gasteiger partial charge >= 0.3 is 12.1 Å². The number of rotatable bonds is 6. The van der Waals surface area contributed by atoms with E-state index in [1.165, 1.54) is 11.0 Å². The Morgan fingerprint density at radius 2 is 2.00 bits per heavy atom. The van der Waals surface area contributed by atoms with E-state index in [2.05, 4.69) is 13.2 Å². The number of hydrogen-bond donors (Lipinski definition) is 1. The maximum absolute atomic E-state index is 11.4. The number of nitrogens with zero attached hydrogens (tertiary/aromatic N) is 1. The standard InChI is InChI=1S/C12H17NO4/c1-3-5-6-12(10(14)15)8-13(9-12)11(16)17-7-4-2/h3-4H,1-2,5-9H2,(H,14,15). The predicted molar refractivity (Wildman–Crippen MR) is 62.6 cm³/mol. The Labute approximate surface area is 100 Å². The van der Waals surface area contributed by atoms with Crippen molar-refractivity contribution in [3.8, 4) is 0 Å². The lowest BCUT2D eigenvalue weighted by atomic mass is 9.76. The fraction of sp³-hybridized carbons (Fsp3) is 0.500. The molecule has 5 nitrogen and oxygen atoms in total. The van der Waals surface area contributed by atoms with Gasteiger partial charge in [0.25, 0.3) is 0 Å². The summed E-state index contributed by atoms with van der Waals surface area (Å²) < 4.78 is 4.83. The zero-order valence-electron chi connectivity index (χ0n) is 9.72. The number of carboxylic acid groups (broad SMARTS) is 1. The van der Waals surface area contributed by atoms with E-state index in [-0.39, 0.29) is 19.7 Å². The number of ether oxygens (including phenoxy) is 1. The van der Waals surface area contributed by atoms with Crippen LogP contribution in [0.3, 0.4) is 0 Å². The highest BCUT2D eigenvalue weighted by Crippen LogP contribution is 2.36. The van der Waals surface area contributed by atoms with Gasteiger partial charge in [0.15, 0.2) is 0 Å². The summed E-state index contributed by atoms with van der Waals surface area (Å²) in [7, 11) is 0. The molecule has 0 radical (unpaired) electrons. The Morgan fingerprint density at radius 1 is 1.35 bits per heavy atom. The molecule has 0 unspecified atom stereocenters. The number of likely N-dealkylation sites (tertiary alicyclic amines) is 1. The Bertz CT molecular complexity index is 331. The van der Waals surface area contributed by atoms with Gasteiger partial charge in [-0.05, 0) is 12.8 Å². The van der Waals surface area contributed by atoms with Crippen molar-refractivity contribution in [2.24, 2.45) is 5.41 Å². The molecule has 1 heterocycles. The Kier molecular flexibility index (Phi) is 4.31. The normalized spacial score (nSPS) is 16.8. The smallest absolute Gasteiger partial charge is 0.410 e. The van der Waals surface area contributed by atoms with Crippen molar-refractivity contribution < 1.29 is 19.4 Å². The van der Waals surface area contributed by atoms with Crippen LogP contribution in [0.1, 0.15) is 12.8 Å². The summed E-state index contributed by atoms with van der Waals surface area (Å²) in [5, 5.41) is 9.16. The number of amides is 1. The maximum atomic E-state index is 11.4. The highest BCUT2D eigenvalue weighted by molar-refractivity contribution is 5.80. The molecule has 1 saturated heterocycles. The molecule has 94 valence electrons. The first kappa shape index (κ1) is 13.3. The van der Waals surface area contributed by atoms with E-state index in [9.17, 15) is 9.59 Å². The van der Waals surface area contributed by atoms with Gasteiger partial charge in [-0.25, -0.2) is 4.79 Å². The minimum atomic E-state index is -0.868. The number of allylic oxidation sites excluding steroid dienone is 1. The average molecular weight is 239 g/mol. The van der Waals surface area contributed by atoms with Crippen molar-refractivity contribution in [1.82, 2.24) is 4.90 Å². The minimum absolute atomic E-state index is 0.141. The van der Waals surface area contributed by atoms with Gasteiger partial charge in [-0.3, -0.25) is 4.79 Å². The zero-order chi connectivity index (χ0) is 12.9. The summed E-state index contributed by atoms with van der Waals surface area (Å²) in [5.74, 6) is -0.868. The molecule has 1 amide bonds. The van der Waals surface area contributed by atoms with Crippen LogP contribution in [0.25, 0.3) is 0 Å². The van der Waals surface area contributed by atoms with Gasteiger partial charge in [0.1, 0.15) is 12.0 Å². The third kappa shape index (κ3) is 2.87. The largest absolute Gasteiger partial charge is 0.481 e. The third-order valence-corrected chi connectivity index (χ3v) is 2.85. The molecule has 0 aromatic carbocycles. The SMILES string of the molecule is C=CCCC1(C(=O)O)CN(C(=O)OCC=C)C1. The van der Waals surface area contributed by atoms with Crippen LogP contribution >= 0.6 is 0 Å². The molecule has 0 spiro atoms. The monoisotopic (exact) mass is 239 g/mol. The lowest BCUT2D eigenvalue weighted by Crippen LogP contribution is -2.62. The highest BCUT2D eigenvalue weighted by atomic mass is 16.6. The molecule has 1 aliphatic rings. The number of carbonyl (C=O) groups is 2. The fourth-order valence-corrected chi connectivity index (χ4v) is 1.81. The van der Waals surface area contributed by atoms with Crippen molar-refractivity contribution >= 4 is 12.1 Å². The Hall–Kier alpha value is -1.78. The molecule has 0 aromatic rings. The van der Waals surface area contributed by atoms with Gasteiger partial charge in [0.2, 0.25) is 0 Å². The first-order valence-electron chi connectivity index (χ1n) is 5.42. The van der Waals surface area contributed by atoms with Crippen LogP contribution in [0.2, 0.25) is 0 Å². The fourth-order valence-electron chi connectivity index (χ4n) is 1.81. The van der Waals surface area contributed by atoms with Crippen LogP contribution in [0.5, 0.6) is 0 Å². The van der Waals surface area contributed by atoms with Gasteiger partial charge in [-0.1, -0.05) is 18.7 Å². The third-order valence-electron chi connectivity index (χ3n) is 2.85. The minimum Gasteiger partial charge on any atom is -0.481 e. The summed E-state index contributed by atoms with van der Waals surface area (Å²) in [6.07, 6.45) is 3.79. The highest BCUT2D eigenvalue weighted by Gasteiger charge is 2.51. The van der Waals surface area contributed by atoms with Crippen molar-refractivity contribution in [2.75, 3.05) is 19.7 Å². The van der Waals surface area contributed by atoms with E-state index < -0.39 is 17.5 Å². The molecule has 5 heteroatoms. The number of carboxylic acids is 1. The first-order chi connectivity index (χ1) is 8.05. The summed E-state index contributed by atoms with van der Waals surface area (Å²) in [6.45, 7) is 7.54. The molecular weight excluding hydrogens is 222 g/mol. The van der Waals surface area contributed by atoms with E-state index >= 15 is 0 Å². The Morgan fingerprint density at radius 3 is 2.47 bits per heavy atom. The molecule has 1 N–H and O–H groups in total. The number of hydrogen-bond acceptors (Lipinski definition) is 3. The lowest BCUT2D eigenvalue weighted by molar-refractivity contribution is -0.159. The predicted octanol–water partition coefficient (Wildman–Crippen LogP) is 1.66. The molecule has 1 rings (SSSR count). The average Bonchev–Trinajstić information content (AvgIpc) is 2.24. The van der Waals surface area contributed by atoms with Crippen LogP contribution in [-0.4, -0.2) is 41.8 Å². The van der Waals surface area contributed by atoms with E-state index in [1.807, 2.05) is 0 Å². The number of aliphatic carboxylic acids is 1. The molecule has 1 aliphatic heterocycles. The van der Waals surface area contributed by atoms with Crippen molar-refractivity contribution in [1.29, 1.82) is 0 Å². The number of carbonyl (C=O) groups excluding carboxylic acids is 1. The summed E-state index contributed by atoms with van der Waals surface area (Å²) in [5.41, 5.74) is -0.832. The van der Waals surface area contributed by atoms with Crippen LogP contribution in [0.15, 0.2) is 25.3 Å². The van der Waals surface area contributed by atoms with Gasteiger partial charge in [0, 0.05) is 13.1 Å². The van der Waals surface area contributed by atoms with Crippen LogP contribution in [0.4, 0.5) is 4.79 Å². The van der Waals surface area contributed by atoms with Crippen LogP contribution < -0.4 is 0 Å². The van der Waals surface area contributed by atoms with Crippen molar-refractivity contribution in [3.63, 3.8) is 0 Å². The van der Waals surface area contributed by atoms with Gasteiger partial charge in [-0.15, -0.1) is 6.58 Å². The molecule has 17 heavy (non-hydrogen) atoms. The summed E-state index contributed by atoms with van der Waals surface area (Å²) in [6, 6.07) is 0. The molecule has 0 bridgehead atoms. The molecule has 0 aromatic heterocycles. The Balaban J connectivity index is 2.49. The molecular formula is C12H17NO4. The lowest BCUT2D eigenvalue weighted by Gasteiger charge is -2.46. The van der Waals surface area contributed by atoms with Gasteiger partial charge in [-0.2, -0.15) is 0 Å². The summed E-state index contributed by atoms with van der Waals surface area (Å²) in [4.78, 5) is 24.0. The van der Waals surface area contributed by atoms with Gasteiger partial charge < -0.3 is 14.7 Å². The first-order valence-corrected chi connectivity index (χ1v) is 5.42. The molecule has 0 atom stereocenters. The second-order valence-electron chi connectivity index (χ2n) is 4.13. The summed E-state index contributed by atoms with van der Waals surface area (Å²) >= 11 is 0. The van der Waals surface area contributed by atoms with E-state index in [1.54, 1.807) is 6.08 Å². The molecule has 0 aliphatic carbocycles. The quantitative estimate of drug-likeness (QED) is 0.716. The zero-order valence-corrected chi connectivity index (χ0v) is 9.72. The second-order valence-corrected chi connectivity index (χ2v) is 4.13. The molecule has 1 fully saturated rings. The van der Waals surface area contributed by atoms with E-state index in [4.69, 9.17) is 9.84 Å². The second kappa shape index (κ2) is 5.52. The van der Waals surface area contributed by atoms with Gasteiger partial charge in [0.05, 0.1) is 0 Å². The topological polar surface area (TPSA) is 66.8 Å². The van der Waals surface area contributed by atoms with Crippen LogP contribution in [0, 0.1) is 5.41 Å². The van der Waals surface area contributed by atoms with E-state index in [0.717, 1.165) is 0 Å². The van der Waals surface area contributed by atoms with Crippen LogP contribution in [-0.2, 0) is 9.53 Å². The van der Waals surface area contributed by atoms with Crippen molar-refractivity contribution in [3.05, 3.63) is 25.3 Å². The molecule has 0 saturated carbocycles. The maximum Gasteiger partial charge on any atom is 0.410 e.